The van der Waals surface area contributed by atoms with Crippen molar-refractivity contribution < 1.29 is 9.84 Å². The van der Waals surface area contributed by atoms with Crippen molar-refractivity contribution in [2.75, 3.05) is 0 Å². The van der Waals surface area contributed by atoms with E-state index in [2.05, 4.69) is 11.9 Å². The lowest BCUT2D eigenvalue weighted by atomic mass is 9.74. The third kappa shape index (κ3) is 1.28. The smallest absolute Gasteiger partial charge is 0.132 e. The molecule has 1 spiro atoms. The number of aryl methyl sites for hydroxylation is 1. The molecule has 1 aliphatic carbocycles. The largest absolute Gasteiger partial charge is 0.460 e. The molecule has 19 heavy (non-hydrogen) atoms. The molecule has 0 radical (unpaired) electrons. The van der Waals surface area contributed by atoms with Crippen LogP contribution in [0.5, 0.6) is 5.75 Å². The maximum atomic E-state index is 9.76. The van der Waals surface area contributed by atoms with Gasteiger partial charge in [-0.25, -0.2) is 0 Å². The maximum absolute atomic E-state index is 9.76. The predicted molar refractivity (Wildman–Crippen MR) is 73.4 cm³/mol. The highest BCUT2D eigenvalue weighted by Crippen LogP contribution is 2.51. The average molecular weight is 251 g/mol. The highest BCUT2D eigenvalue weighted by atomic mass is 16.5. The van der Waals surface area contributed by atoms with E-state index in [4.69, 9.17) is 4.74 Å². The molecular weight excluding hydrogens is 238 g/mol. The van der Waals surface area contributed by atoms with Crippen molar-refractivity contribution in [3.63, 3.8) is 0 Å². The van der Waals surface area contributed by atoms with E-state index in [0.29, 0.717) is 0 Å². The molecule has 2 unspecified atom stereocenters. The standard InChI is InChI=1S/C16H13NO2/c1-10-2-3-13-15-12(10)9-17-7-6-16(15)5-4-11(18)8-14(16)19-13/h2-9,11,18H,1H3. The quantitative estimate of drug-likeness (QED) is 0.719. The van der Waals surface area contributed by atoms with Crippen molar-refractivity contribution in [2.45, 2.75) is 18.4 Å². The van der Waals surface area contributed by atoms with Crippen LogP contribution in [0.3, 0.4) is 0 Å². The second-order valence-electron chi connectivity index (χ2n) is 5.11. The van der Waals surface area contributed by atoms with Crippen LogP contribution in [0.2, 0.25) is 0 Å². The fourth-order valence-corrected chi connectivity index (χ4v) is 3.01. The molecule has 0 aromatic heterocycles. The van der Waals surface area contributed by atoms with E-state index in [0.717, 1.165) is 22.6 Å². The second-order valence-corrected chi connectivity index (χ2v) is 5.11. The number of hydrogen-bond donors (Lipinski definition) is 1. The Balaban J connectivity index is 2.09. The fraction of sp³-hybridized carbons (Fsp3) is 0.188. The van der Waals surface area contributed by atoms with Crippen LogP contribution in [0.4, 0.5) is 0 Å². The molecule has 1 N–H and O–H groups in total. The number of hydrogen-bond acceptors (Lipinski definition) is 3. The number of aliphatic hydroxyl groups is 1. The lowest BCUT2D eigenvalue weighted by Crippen LogP contribution is -2.26. The first kappa shape index (κ1) is 10.8. The first-order valence-electron chi connectivity index (χ1n) is 6.33. The van der Waals surface area contributed by atoms with E-state index in [1.807, 2.05) is 30.5 Å². The number of nitrogens with zero attached hydrogens (tertiary/aromatic N) is 1. The van der Waals surface area contributed by atoms with Crippen molar-refractivity contribution in [2.24, 2.45) is 4.99 Å². The molecule has 1 aromatic carbocycles. The van der Waals surface area contributed by atoms with Crippen LogP contribution < -0.4 is 4.74 Å². The van der Waals surface area contributed by atoms with Gasteiger partial charge in [0.25, 0.3) is 0 Å². The van der Waals surface area contributed by atoms with Crippen molar-refractivity contribution in [1.29, 1.82) is 0 Å². The van der Waals surface area contributed by atoms with Gasteiger partial charge in [-0.2, -0.15) is 0 Å². The third-order valence-corrected chi connectivity index (χ3v) is 3.97. The highest BCUT2D eigenvalue weighted by molar-refractivity contribution is 5.89. The summed E-state index contributed by atoms with van der Waals surface area (Å²) in [5.41, 5.74) is 2.99. The Kier molecular flexibility index (Phi) is 1.96. The summed E-state index contributed by atoms with van der Waals surface area (Å²) in [6.45, 7) is 2.07. The number of aliphatic imine (C=N–C) groups is 1. The minimum atomic E-state index is -0.586. The van der Waals surface area contributed by atoms with Gasteiger partial charge in [-0.3, -0.25) is 4.99 Å². The molecule has 3 aliphatic rings. The molecule has 0 saturated carbocycles. The average Bonchev–Trinajstić information content (AvgIpc) is 2.58. The van der Waals surface area contributed by atoms with Crippen LogP contribution in [0.1, 0.15) is 16.7 Å². The van der Waals surface area contributed by atoms with Gasteiger partial charge in [-0.05, 0) is 30.7 Å². The van der Waals surface area contributed by atoms with Gasteiger partial charge in [0, 0.05) is 23.5 Å². The van der Waals surface area contributed by atoms with Gasteiger partial charge < -0.3 is 9.84 Å². The lowest BCUT2D eigenvalue weighted by Gasteiger charge is -2.26. The van der Waals surface area contributed by atoms with E-state index >= 15 is 0 Å². The molecule has 4 rings (SSSR count). The Morgan fingerprint density at radius 3 is 3.11 bits per heavy atom. The zero-order valence-electron chi connectivity index (χ0n) is 10.5. The second kappa shape index (κ2) is 3.45. The summed E-state index contributed by atoms with van der Waals surface area (Å²) in [6.07, 6.45) is 10.7. The van der Waals surface area contributed by atoms with Gasteiger partial charge in [0.2, 0.25) is 0 Å². The van der Waals surface area contributed by atoms with Crippen molar-refractivity contribution in [1.82, 2.24) is 0 Å². The van der Waals surface area contributed by atoms with Crippen LogP contribution in [0, 0.1) is 6.92 Å². The van der Waals surface area contributed by atoms with Crippen LogP contribution >= 0.6 is 0 Å². The zero-order valence-corrected chi connectivity index (χ0v) is 10.5. The first-order chi connectivity index (χ1) is 9.21. The van der Waals surface area contributed by atoms with Crippen LogP contribution in [-0.4, -0.2) is 17.4 Å². The SMILES string of the molecule is Cc1ccc2c3c1C=NC=CC31C=CC(O)C=C1O2. The number of rotatable bonds is 0. The van der Waals surface area contributed by atoms with Crippen molar-refractivity contribution >= 4 is 6.21 Å². The number of aliphatic hydroxyl groups excluding tert-OH is 1. The van der Waals surface area contributed by atoms with E-state index in [9.17, 15) is 5.11 Å². The fourth-order valence-electron chi connectivity index (χ4n) is 3.01. The minimum absolute atomic E-state index is 0.410. The minimum Gasteiger partial charge on any atom is -0.460 e. The van der Waals surface area contributed by atoms with E-state index in [1.54, 1.807) is 18.4 Å². The van der Waals surface area contributed by atoms with Crippen LogP contribution in [0.15, 0.2) is 53.4 Å². The molecule has 2 heterocycles. The highest BCUT2D eigenvalue weighted by Gasteiger charge is 2.45. The molecule has 0 bridgehead atoms. The lowest BCUT2D eigenvalue weighted by molar-refractivity contribution is 0.257. The summed E-state index contributed by atoms with van der Waals surface area (Å²) in [7, 11) is 0. The Bertz CT molecular complexity index is 697. The summed E-state index contributed by atoms with van der Waals surface area (Å²) in [5, 5.41) is 9.76. The Morgan fingerprint density at radius 2 is 2.21 bits per heavy atom. The van der Waals surface area contributed by atoms with Crippen molar-refractivity contribution in [3.8, 4) is 5.75 Å². The molecule has 0 amide bonds. The van der Waals surface area contributed by atoms with Crippen LogP contribution in [0.25, 0.3) is 0 Å². The van der Waals surface area contributed by atoms with Crippen molar-refractivity contribution in [3.05, 3.63) is 65.1 Å². The summed E-state index contributed by atoms with van der Waals surface area (Å²) in [5.74, 6) is 1.62. The zero-order chi connectivity index (χ0) is 13.0. The molecule has 94 valence electrons. The van der Waals surface area contributed by atoms with Gasteiger partial charge in [0.05, 0.1) is 11.5 Å². The number of allylic oxidation sites excluding steroid dienone is 1. The number of benzene rings is 1. The molecule has 3 heteroatoms. The normalized spacial score (nSPS) is 29.4. The molecular formula is C16H13NO2. The summed E-state index contributed by atoms with van der Waals surface area (Å²) in [4.78, 5) is 4.32. The molecule has 2 aliphatic heterocycles. The Hall–Kier alpha value is -2.13. The molecule has 1 aromatic rings. The Morgan fingerprint density at radius 1 is 1.32 bits per heavy atom. The van der Waals surface area contributed by atoms with E-state index in [1.165, 1.54) is 5.56 Å². The van der Waals surface area contributed by atoms with Gasteiger partial charge in [-0.1, -0.05) is 18.2 Å². The first-order valence-corrected chi connectivity index (χ1v) is 6.33. The summed E-state index contributed by atoms with van der Waals surface area (Å²) < 4.78 is 5.94. The molecule has 0 fully saturated rings. The van der Waals surface area contributed by atoms with Gasteiger partial charge >= 0.3 is 0 Å². The predicted octanol–water partition coefficient (Wildman–Crippen LogP) is 2.39. The third-order valence-electron chi connectivity index (χ3n) is 3.97. The molecule has 0 saturated heterocycles. The molecule has 3 nitrogen and oxygen atoms in total. The molecule has 2 atom stereocenters. The monoisotopic (exact) mass is 251 g/mol. The number of ether oxygens (including phenoxy) is 1. The summed E-state index contributed by atoms with van der Waals surface area (Å²) >= 11 is 0. The topological polar surface area (TPSA) is 41.8 Å². The Labute approximate surface area is 111 Å². The van der Waals surface area contributed by atoms with Crippen LogP contribution in [-0.2, 0) is 5.41 Å². The van der Waals surface area contributed by atoms with Gasteiger partial charge in [-0.15, -0.1) is 0 Å². The summed E-state index contributed by atoms with van der Waals surface area (Å²) in [6, 6.07) is 4.03. The maximum Gasteiger partial charge on any atom is 0.132 e. The van der Waals surface area contributed by atoms with Gasteiger partial charge in [0.1, 0.15) is 11.5 Å². The van der Waals surface area contributed by atoms with E-state index in [-0.39, 0.29) is 0 Å². The van der Waals surface area contributed by atoms with Gasteiger partial charge in [0.15, 0.2) is 0 Å². The van der Waals surface area contributed by atoms with E-state index < -0.39 is 11.5 Å².